The van der Waals surface area contributed by atoms with Crippen LogP contribution < -0.4 is 0 Å². The highest BCUT2D eigenvalue weighted by Gasteiger charge is 2.00. The van der Waals surface area contributed by atoms with Crippen LogP contribution in [0.5, 0.6) is 0 Å². The molecule has 50 valence electrons. The van der Waals surface area contributed by atoms with Gasteiger partial charge in [-0.1, -0.05) is 0 Å². The zero-order valence-corrected chi connectivity index (χ0v) is 5.59. The molecular formula is C5H13NO2. The van der Waals surface area contributed by atoms with Crippen LogP contribution in [0.2, 0.25) is 0 Å². The molecule has 0 aromatic rings. The van der Waals surface area contributed by atoms with Gasteiger partial charge in [0.25, 0.3) is 0 Å². The van der Waals surface area contributed by atoms with Gasteiger partial charge in [0.1, 0.15) is 13.0 Å². The van der Waals surface area contributed by atoms with Gasteiger partial charge in [-0.2, -0.15) is 0 Å². The van der Waals surface area contributed by atoms with E-state index in [2.05, 4.69) is 0 Å². The Morgan fingerprint density at radius 1 is 1.62 bits per heavy atom. The molecule has 1 N–H and O–H groups in total. The van der Waals surface area contributed by atoms with Gasteiger partial charge in [-0.15, -0.1) is 0 Å². The maximum atomic E-state index is 8.24. The normalized spacial score (nSPS) is 14.6. The number of ether oxygens (including phenoxy) is 1. The molecule has 0 fully saturated rings. The maximum Gasteiger partial charge on any atom is 0.145 e. The van der Waals surface area contributed by atoms with Crippen molar-refractivity contribution in [3.63, 3.8) is 0 Å². The van der Waals surface area contributed by atoms with Crippen LogP contribution in [0.15, 0.2) is 0 Å². The highest BCUT2D eigenvalue weighted by atomic mass is 16.6. The van der Waals surface area contributed by atoms with Gasteiger partial charge in [0.2, 0.25) is 0 Å². The average Bonchev–Trinajstić information content (AvgIpc) is 1.67. The average molecular weight is 119 g/mol. The van der Waals surface area contributed by atoms with Crippen LogP contribution in [-0.2, 0) is 4.74 Å². The van der Waals surface area contributed by atoms with Crippen LogP contribution in [0.1, 0.15) is 6.92 Å². The summed E-state index contributed by atoms with van der Waals surface area (Å²) < 4.78 is 4.78. The smallest absolute Gasteiger partial charge is 0.145 e. The molecular weight excluding hydrogens is 106 g/mol. The van der Waals surface area contributed by atoms with Crippen molar-refractivity contribution in [3.8, 4) is 0 Å². The molecule has 0 aliphatic heterocycles. The van der Waals surface area contributed by atoms with E-state index < -0.39 is 0 Å². The molecule has 8 heavy (non-hydrogen) atoms. The lowest BCUT2D eigenvalue weighted by Gasteiger charge is -2.17. The number of nitrogens with zero attached hydrogens (tertiary/aromatic N) is 1. The van der Waals surface area contributed by atoms with Gasteiger partial charge in [-0.25, -0.2) is 0 Å². The lowest BCUT2D eigenvalue weighted by Crippen LogP contribution is -2.27. The maximum absolute atomic E-state index is 8.24. The van der Waals surface area contributed by atoms with Gasteiger partial charge in [-0.3, -0.25) is 4.90 Å². The Balaban J connectivity index is 3.17. The molecule has 0 aliphatic carbocycles. The van der Waals surface area contributed by atoms with Crippen molar-refractivity contribution < 1.29 is 9.84 Å². The van der Waals surface area contributed by atoms with E-state index in [-0.39, 0.29) is 13.0 Å². The first-order valence-corrected chi connectivity index (χ1v) is 2.57. The molecule has 3 nitrogen and oxygen atoms in total. The Hall–Kier alpha value is -0.120. The van der Waals surface area contributed by atoms with Crippen molar-refractivity contribution in [1.29, 1.82) is 0 Å². The van der Waals surface area contributed by atoms with Crippen LogP contribution in [0.4, 0.5) is 0 Å². The van der Waals surface area contributed by atoms with Crippen LogP contribution in [-0.4, -0.2) is 37.1 Å². The summed E-state index contributed by atoms with van der Waals surface area (Å²) in [5, 5.41) is 8.24. The van der Waals surface area contributed by atoms with Gasteiger partial charge >= 0.3 is 0 Å². The highest BCUT2D eigenvalue weighted by Crippen LogP contribution is 1.90. The summed E-state index contributed by atoms with van der Waals surface area (Å²) in [5.41, 5.74) is 0. The van der Waals surface area contributed by atoms with E-state index >= 15 is 0 Å². The van der Waals surface area contributed by atoms with Crippen LogP contribution in [0, 0.1) is 0 Å². The first-order valence-electron chi connectivity index (χ1n) is 2.57. The molecule has 0 heterocycles. The molecule has 0 radical (unpaired) electrons. The van der Waals surface area contributed by atoms with Crippen molar-refractivity contribution in [2.24, 2.45) is 0 Å². The summed E-state index contributed by atoms with van der Waals surface area (Å²) in [4.78, 5) is 1.87. The lowest BCUT2D eigenvalue weighted by atomic mass is 10.6. The molecule has 1 unspecified atom stereocenters. The predicted molar refractivity (Wildman–Crippen MR) is 31.3 cm³/mol. The van der Waals surface area contributed by atoms with Crippen molar-refractivity contribution >= 4 is 0 Å². The Labute approximate surface area is 49.9 Å². The van der Waals surface area contributed by atoms with Gasteiger partial charge in [0, 0.05) is 0 Å². The Bertz CT molecular complexity index is 56.4. The number of aliphatic hydroxyl groups excluding tert-OH is 1. The molecule has 0 aromatic heterocycles. The van der Waals surface area contributed by atoms with E-state index in [4.69, 9.17) is 9.84 Å². The van der Waals surface area contributed by atoms with Crippen LogP contribution in [0.3, 0.4) is 0 Å². The molecule has 1 atom stereocenters. The number of aliphatic hydroxyl groups is 1. The SMILES string of the molecule is CC(OCO)N(C)C. The second-order valence-electron chi connectivity index (χ2n) is 1.86. The Kier molecular flexibility index (Phi) is 3.77. The number of rotatable bonds is 3. The minimum atomic E-state index is -0.209. The molecule has 0 spiro atoms. The summed E-state index contributed by atoms with van der Waals surface area (Å²) in [5.74, 6) is 0. The van der Waals surface area contributed by atoms with Gasteiger partial charge in [0.05, 0.1) is 0 Å². The molecule has 0 aromatic carbocycles. The zero-order chi connectivity index (χ0) is 6.57. The first-order chi connectivity index (χ1) is 3.68. The topological polar surface area (TPSA) is 32.7 Å². The van der Waals surface area contributed by atoms with E-state index in [9.17, 15) is 0 Å². The highest BCUT2D eigenvalue weighted by molar-refractivity contribution is 4.40. The van der Waals surface area contributed by atoms with Crippen LogP contribution in [0.25, 0.3) is 0 Å². The molecule has 3 heteroatoms. The molecule has 0 saturated heterocycles. The Morgan fingerprint density at radius 3 is 2.25 bits per heavy atom. The van der Waals surface area contributed by atoms with Crippen molar-refractivity contribution in [2.75, 3.05) is 20.9 Å². The molecule has 0 bridgehead atoms. The first kappa shape index (κ1) is 7.88. The van der Waals surface area contributed by atoms with E-state index in [1.54, 1.807) is 0 Å². The Morgan fingerprint density at radius 2 is 2.12 bits per heavy atom. The van der Waals surface area contributed by atoms with Gasteiger partial charge in [-0.05, 0) is 21.0 Å². The van der Waals surface area contributed by atoms with E-state index in [0.717, 1.165) is 0 Å². The third kappa shape index (κ3) is 2.96. The molecule has 0 amide bonds. The minimum Gasteiger partial charge on any atom is -0.371 e. The fraction of sp³-hybridized carbons (Fsp3) is 1.00. The van der Waals surface area contributed by atoms with E-state index in [1.807, 2.05) is 25.9 Å². The number of hydrogen-bond acceptors (Lipinski definition) is 3. The van der Waals surface area contributed by atoms with Crippen LogP contribution >= 0.6 is 0 Å². The summed E-state index contributed by atoms with van der Waals surface area (Å²) in [6.45, 7) is 1.66. The van der Waals surface area contributed by atoms with Gasteiger partial charge in [0.15, 0.2) is 0 Å². The third-order valence-electron chi connectivity index (χ3n) is 1.04. The van der Waals surface area contributed by atoms with Crippen molar-refractivity contribution in [2.45, 2.75) is 13.2 Å². The fourth-order valence-electron chi connectivity index (χ4n) is 0.257. The number of hydrogen-bond donors (Lipinski definition) is 1. The quantitative estimate of drug-likeness (QED) is 0.525. The second-order valence-corrected chi connectivity index (χ2v) is 1.86. The summed E-state index contributed by atoms with van der Waals surface area (Å²) in [6, 6.07) is 0. The van der Waals surface area contributed by atoms with Crippen molar-refractivity contribution in [3.05, 3.63) is 0 Å². The summed E-state index contributed by atoms with van der Waals surface area (Å²) in [7, 11) is 3.78. The minimum absolute atomic E-state index is 0.000000000000000444. The molecule has 0 saturated carbocycles. The standard InChI is InChI=1S/C5H13NO2/c1-5(6(2)3)8-4-7/h5,7H,4H2,1-3H3. The predicted octanol–water partition coefficient (Wildman–Crippen LogP) is -0.140. The zero-order valence-electron chi connectivity index (χ0n) is 5.59. The largest absolute Gasteiger partial charge is 0.371 e. The monoisotopic (exact) mass is 119 g/mol. The lowest BCUT2D eigenvalue weighted by molar-refractivity contribution is -0.0948. The molecule has 0 aliphatic rings. The second kappa shape index (κ2) is 3.83. The van der Waals surface area contributed by atoms with Gasteiger partial charge < -0.3 is 9.84 Å². The fourth-order valence-corrected chi connectivity index (χ4v) is 0.257. The van der Waals surface area contributed by atoms with Crippen molar-refractivity contribution in [1.82, 2.24) is 4.90 Å². The summed E-state index contributed by atoms with van der Waals surface area (Å²) >= 11 is 0. The van der Waals surface area contributed by atoms with E-state index in [0.29, 0.717) is 0 Å². The van der Waals surface area contributed by atoms with E-state index in [1.165, 1.54) is 0 Å². The summed E-state index contributed by atoms with van der Waals surface area (Å²) in [6.07, 6.45) is -0.000000000000000444. The molecule has 0 rings (SSSR count). The third-order valence-corrected chi connectivity index (χ3v) is 1.04.